The standard InChI is InChI=1S/C12H21NO/c1-8(2)12(14)11-7-9-5-3-4-6-10(9)13-11/h8-11,13H,3-7H2,1-2H3. The van der Waals surface area contributed by atoms with Crippen LogP contribution in [-0.4, -0.2) is 17.9 Å². The lowest BCUT2D eigenvalue weighted by molar-refractivity contribution is -0.123. The fourth-order valence-corrected chi connectivity index (χ4v) is 2.94. The van der Waals surface area contributed by atoms with Crippen LogP contribution in [0.15, 0.2) is 0 Å². The molecule has 1 saturated carbocycles. The van der Waals surface area contributed by atoms with Crippen molar-refractivity contribution in [1.29, 1.82) is 0 Å². The third-order valence-corrected chi connectivity index (χ3v) is 3.78. The van der Waals surface area contributed by atoms with E-state index in [9.17, 15) is 4.79 Å². The summed E-state index contributed by atoms with van der Waals surface area (Å²) in [4.78, 5) is 11.8. The van der Waals surface area contributed by atoms with Gasteiger partial charge < -0.3 is 5.32 Å². The fourth-order valence-electron chi connectivity index (χ4n) is 2.94. The van der Waals surface area contributed by atoms with Gasteiger partial charge in [0.1, 0.15) is 0 Å². The molecule has 2 rings (SSSR count). The topological polar surface area (TPSA) is 29.1 Å². The zero-order chi connectivity index (χ0) is 10.1. The molecular weight excluding hydrogens is 174 g/mol. The lowest BCUT2D eigenvalue weighted by Crippen LogP contribution is -2.38. The van der Waals surface area contributed by atoms with E-state index in [2.05, 4.69) is 5.32 Å². The molecule has 80 valence electrons. The Labute approximate surface area is 86.5 Å². The minimum atomic E-state index is 0.170. The number of rotatable bonds is 2. The first kappa shape index (κ1) is 10.2. The molecule has 1 saturated heterocycles. The molecule has 1 N–H and O–H groups in total. The number of carbonyl (C=O) groups excluding carboxylic acids is 1. The summed E-state index contributed by atoms with van der Waals surface area (Å²) < 4.78 is 0. The van der Waals surface area contributed by atoms with Crippen LogP contribution >= 0.6 is 0 Å². The maximum atomic E-state index is 11.8. The van der Waals surface area contributed by atoms with E-state index >= 15 is 0 Å². The Morgan fingerprint density at radius 3 is 2.64 bits per heavy atom. The number of Topliss-reactive ketones (excluding diaryl/α,β-unsaturated/α-hetero) is 1. The van der Waals surface area contributed by atoms with E-state index in [0.29, 0.717) is 11.8 Å². The van der Waals surface area contributed by atoms with Gasteiger partial charge in [0, 0.05) is 12.0 Å². The Hall–Kier alpha value is -0.370. The number of hydrogen-bond acceptors (Lipinski definition) is 2. The Kier molecular flexibility index (Phi) is 2.91. The first-order valence-electron chi connectivity index (χ1n) is 5.98. The first-order valence-corrected chi connectivity index (χ1v) is 5.98. The molecule has 2 aliphatic rings. The van der Waals surface area contributed by atoms with Crippen LogP contribution < -0.4 is 5.32 Å². The quantitative estimate of drug-likeness (QED) is 0.731. The number of hydrogen-bond donors (Lipinski definition) is 1. The van der Waals surface area contributed by atoms with E-state index in [0.717, 1.165) is 12.3 Å². The van der Waals surface area contributed by atoms with Gasteiger partial charge in [-0.1, -0.05) is 26.7 Å². The highest BCUT2D eigenvalue weighted by Crippen LogP contribution is 2.33. The highest BCUT2D eigenvalue weighted by atomic mass is 16.1. The summed E-state index contributed by atoms with van der Waals surface area (Å²) in [5, 5.41) is 3.52. The Bertz CT molecular complexity index is 210. The predicted molar refractivity (Wildman–Crippen MR) is 57.1 cm³/mol. The minimum absolute atomic E-state index is 0.170. The van der Waals surface area contributed by atoms with Crippen molar-refractivity contribution in [3.8, 4) is 0 Å². The largest absolute Gasteiger partial charge is 0.304 e. The van der Waals surface area contributed by atoms with Crippen molar-refractivity contribution in [3.05, 3.63) is 0 Å². The van der Waals surface area contributed by atoms with Crippen molar-refractivity contribution in [2.75, 3.05) is 0 Å². The van der Waals surface area contributed by atoms with Crippen LogP contribution in [0.3, 0.4) is 0 Å². The van der Waals surface area contributed by atoms with Crippen LogP contribution in [0.5, 0.6) is 0 Å². The average molecular weight is 195 g/mol. The van der Waals surface area contributed by atoms with Crippen molar-refractivity contribution in [1.82, 2.24) is 5.32 Å². The second-order valence-electron chi connectivity index (χ2n) is 5.16. The summed E-state index contributed by atoms with van der Waals surface area (Å²) in [6, 6.07) is 0.819. The summed E-state index contributed by atoms with van der Waals surface area (Å²) in [7, 11) is 0. The number of fused-ring (bicyclic) bond motifs is 1. The van der Waals surface area contributed by atoms with E-state index in [1.54, 1.807) is 0 Å². The lowest BCUT2D eigenvalue weighted by atomic mass is 9.84. The molecule has 0 aromatic heterocycles. The van der Waals surface area contributed by atoms with Gasteiger partial charge in [-0.25, -0.2) is 0 Å². The van der Waals surface area contributed by atoms with Gasteiger partial charge in [0.05, 0.1) is 6.04 Å². The molecule has 1 aliphatic heterocycles. The van der Waals surface area contributed by atoms with Crippen LogP contribution in [0.1, 0.15) is 46.0 Å². The molecular formula is C12H21NO. The zero-order valence-electron chi connectivity index (χ0n) is 9.25. The maximum Gasteiger partial charge on any atom is 0.152 e. The molecule has 3 atom stereocenters. The number of nitrogens with one attached hydrogen (secondary N) is 1. The third-order valence-electron chi connectivity index (χ3n) is 3.78. The molecule has 2 nitrogen and oxygen atoms in total. The molecule has 0 aromatic rings. The van der Waals surface area contributed by atoms with Crippen LogP contribution in [0.25, 0.3) is 0 Å². The fraction of sp³-hybridized carbons (Fsp3) is 0.917. The van der Waals surface area contributed by atoms with Crippen LogP contribution in [0.4, 0.5) is 0 Å². The molecule has 0 radical (unpaired) electrons. The van der Waals surface area contributed by atoms with Gasteiger partial charge in [0.25, 0.3) is 0 Å². The Morgan fingerprint density at radius 1 is 1.29 bits per heavy atom. The highest BCUT2D eigenvalue weighted by molar-refractivity contribution is 5.86. The molecule has 3 unspecified atom stereocenters. The Balaban J connectivity index is 1.95. The second-order valence-corrected chi connectivity index (χ2v) is 5.16. The SMILES string of the molecule is CC(C)C(=O)C1CC2CCCCC2N1. The third kappa shape index (κ3) is 1.85. The monoisotopic (exact) mass is 195 g/mol. The van der Waals surface area contributed by atoms with Crippen molar-refractivity contribution >= 4 is 5.78 Å². The number of ketones is 1. The minimum Gasteiger partial charge on any atom is -0.304 e. The summed E-state index contributed by atoms with van der Waals surface area (Å²) in [5.74, 6) is 1.39. The molecule has 0 aromatic carbocycles. The maximum absolute atomic E-state index is 11.8. The molecule has 0 spiro atoms. The van der Waals surface area contributed by atoms with E-state index in [1.807, 2.05) is 13.8 Å². The average Bonchev–Trinajstić information content (AvgIpc) is 2.59. The van der Waals surface area contributed by atoms with Gasteiger partial charge in [-0.3, -0.25) is 4.79 Å². The summed E-state index contributed by atoms with van der Waals surface area (Å²) in [5.41, 5.74) is 0. The van der Waals surface area contributed by atoms with Crippen LogP contribution in [-0.2, 0) is 4.79 Å². The van der Waals surface area contributed by atoms with E-state index in [4.69, 9.17) is 0 Å². The normalized spacial score (nSPS) is 37.2. The van der Waals surface area contributed by atoms with E-state index < -0.39 is 0 Å². The van der Waals surface area contributed by atoms with Crippen LogP contribution in [0, 0.1) is 11.8 Å². The molecule has 0 bridgehead atoms. The van der Waals surface area contributed by atoms with Gasteiger partial charge >= 0.3 is 0 Å². The van der Waals surface area contributed by atoms with Gasteiger partial charge in [0.15, 0.2) is 5.78 Å². The molecule has 1 aliphatic carbocycles. The van der Waals surface area contributed by atoms with Gasteiger partial charge in [-0.15, -0.1) is 0 Å². The van der Waals surface area contributed by atoms with Crippen molar-refractivity contribution in [2.45, 2.75) is 58.0 Å². The molecule has 2 heteroatoms. The molecule has 1 heterocycles. The van der Waals surface area contributed by atoms with Crippen molar-refractivity contribution < 1.29 is 4.79 Å². The Morgan fingerprint density at radius 2 is 2.00 bits per heavy atom. The number of carbonyl (C=O) groups is 1. The molecule has 14 heavy (non-hydrogen) atoms. The van der Waals surface area contributed by atoms with Gasteiger partial charge in [-0.2, -0.15) is 0 Å². The summed E-state index contributed by atoms with van der Waals surface area (Å²) in [6.07, 6.45) is 6.43. The molecule has 2 fully saturated rings. The van der Waals surface area contributed by atoms with Crippen LogP contribution in [0.2, 0.25) is 0 Å². The summed E-state index contributed by atoms with van der Waals surface area (Å²) in [6.45, 7) is 4.01. The second kappa shape index (κ2) is 4.01. The summed E-state index contributed by atoms with van der Waals surface area (Å²) >= 11 is 0. The van der Waals surface area contributed by atoms with E-state index in [1.165, 1.54) is 25.7 Å². The van der Waals surface area contributed by atoms with Gasteiger partial charge in [-0.05, 0) is 25.2 Å². The predicted octanol–water partition coefficient (Wildman–Crippen LogP) is 2.13. The van der Waals surface area contributed by atoms with Gasteiger partial charge in [0.2, 0.25) is 0 Å². The lowest BCUT2D eigenvalue weighted by Gasteiger charge is -2.24. The van der Waals surface area contributed by atoms with E-state index in [-0.39, 0.29) is 12.0 Å². The highest BCUT2D eigenvalue weighted by Gasteiger charge is 2.38. The smallest absolute Gasteiger partial charge is 0.152 e. The molecule has 0 amide bonds. The van der Waals surface area contributed by atoms with Crippen molar-refractivity contribution in [3.63, 3.8) is 0 Å². The first-order chi connectivity index (χ1) is 6.68. The van der Waals surface area contributed by atoms with Crippen molar-refractivity contribution in [2.24, 2.45) is 11.8 Å². The zero-order valence-corrected chi connectivity index (χ0v) is 9.25.